The third kappa shape index (κ3) is 9.77. The van der Waals surface area contributed by atoms with Crippen molar-refractivity contribution in [3.63, 3.8) is 0 Å². The van der Waals surface area contributed by atoms with E-state index in [0.29, 0.717) is 36.2 Å². The van der Waals surface area contributed by atoms with E-state index in [1.165, 1.54) is 0 Å². The predicted molar refractivity (Wildman–Crippen MR) is 136 cm³/mol. The molecule has 3 N–H and O–H groups in total. The smallest absolute Gasteiger partial charge is 0.251 e. The Bertz CT molecular complexity index is 829. The van der Waals surface area contributed by atoms with Crippen molar-refractivity contribution < 1.29 is 4.79 Å². The average Bonchev–Trinajstić information content (AvgIpc) is 2.70. The maximum atomic E-state index is 12.3. The lowest BCUT2D eigenvalue weighted by atomic mass is 10.1. The van der Waals surface area contributed by atoms with Crippen molar-refractivity contribution in [2.24, 2.45) is 4.99 Å². The zero-order chi connectivity index (χ0) is 21.1. The van der Waals surface area contributed by atoms with E-state index in [0.717, 1.165) is 24.2 Å². The van der Waals surface area contributed by atoms with Gasteiger partial charge in [0.15, 0.2) is 5.96 Å². The first kappa shape index (κ1) is 26.2. The summed E-state index contributed by atoms with van der Waals surface area (Å²) >= 11 is 6.04. The molecule has 6 nitrogen and oxygen atoms in total. The minimum absolute atomic E-state index is 0. The standard InChI is InChI=1S/C22H30ClN5O.HI/c1-4-24-22(27-16-18-8-6-10-20(23)14-18)26-15-17-7-5-9-19(13-17)21(29)25-11-12-28(2)3;/h5-10,13-14H,4,11-12,15-16H2,1-3H3,(H,25,29)(H2,24,26,27);1H. The number of benzene rings is 2. The Hall–Kier alpha value is -1.84. The van der Waals surface area contributed by atoms with Crippen LogP contribution in [-0.4, -0.2) is 50.5 Å². The first-order valence-corrected chi connectivity index (χ1v) is 10.1. The Morgan fingerprint density at radius 1 is 1.03 bits per heavy atom. The summed E-state index contributed by atoms with van der Waals surface area (Å²) in [5.41, 5.74) is 2.72. The second kappa shape index (κ2) is 14.2. The number of halogens is 2. The average molecular weight is 544 g/mol. The number of amides is 1. The van der Waals surface area contributed by atoms with Crippen LogP contribution in [0.15, 0.2) is 53.5 Å². The molecule has 0 bridgehead atoms. The van der Waals surface area contributed by atoms with Gasteiger partial charge in [0.25, 0.3) is 5.91 Å². The molecule has 0 radical (unpaired) electrons. The van der Waals surface area contributed by atoms with Crippen LogP contribution in [0, 0.1) is 0 Å². The number of guanidine groups is 1. The Labute approximate surface area is 201 Å². The van der Waals surface area contributed by atoms with Crippen LogP contribution in [-0.2, 0) is 13.1 Å². The maximum absolute atomic E-state index is 12.3. The van der Waals surface area contributed by atoms with Gasteiger partial charge in [-0.1, -0.05) is 35.9 Å². The normalized spacial score (nSPS) is 11.0. The number of likely N-dealkylation sites (N-methyl/N-ethyl adjacent to an activating group) is 1. The molecule has 8 heteroatoms. The molecule has 0 saturated carbocycles. The van der Waals surface area contributed by atoms with Crippen molar-refractivity contribution in [1.82, 2.24) is 20.9 Å². The minimum atomic E-state index is -0.0600. The Balaban J connectivity index is 0.00000450. The fourth-order valence-electron chi connectivity index (χ4n) is 2.65. The number of aliphatic imine (C=N–C) groups is 1. The van der Waals surface area contributed by atoms with Crippen LogP contribution < -0.4 is 16.0 Å². The highest BCUT2D eigenvalue weighted by Crippen LogP contribution is 2.11. The Morgan fingerprint density at radius 3 is 2.47 bits per heavy atom. The molecule has 0 spiro atoms. The third-order valence-electron chi connectivity index (χ3n) is 4.15. The van der Waals surface area contributed by atoms with Gasteiger partial charge in [-0.2, -0.15) is 0 Å². The first-order valence-electron chi connectivity index (χ1n) is 9.76. The van der Waals surface area contributed by atoms with E-state index in [1.54, 1.807) is 0 Å². The van der Waals surface area contributed by atoms with Gasteiger partial charge in [-0.05, 0) is 56.4 Å². The third-order valence-corrected chi connectivity index (χ3v) is 4.38. The molecule has 0 heterocycles. The van der Waals surface area contributed by atoms with Gasteiger partial charge in [-0.25, -0.2) is 4.99 Å². The van der Waals surface area contributed by atoms with E-state index >= 15 is 0 Å². The van der Waals surface area contributed by atoms with Crippen molar-refractivity contribution in [3.05, 3.63) is 70.2 Å². The fourth-order valence-corrected chi connectivity index (χ4v) is 2.86. The molecule has 0 atom stereocenters. The summed E-state index contributed by atoms with van der Waals surface area (Å²) < 4.78 is 0. The number of hydrogen-bond donors (Lipinski definition) is 3. The van der Waals surface area contributed by atoms with E-state index in [-0.39, 0.29) is 29.9 Å². The molecule has 0 aromatic heterocycles. The predicted octanol–water partition coefficient (Wildman–Crippen LogP) is 3.50. The van der Waals surface area contributed by atoms with Gasteiger partial charge in [0.1, 0.15) is 0 Å². The molecule has 0 aliphatic heterocycles. The van der Waals surface area contributed by atoms with Gasteiger partial charge in [-0.15, -0.1) is 24.0 Å². The van der Waals surface area contributed by atoms with Gasteiger partial charge in [0.2, 0.25) is 0 Å². The van der Waals surface area contributed by atoms with Crippen LogP contribution in [0.5, 0.6) is 0 Å². The molecule has 0 aliphatic carbocycles. The molecular formula is C22H31ClIN5O. The molecule has 0 aliphatic rings. The topological polar surface area (TPSA) is 68.8 Å². The second-order valence-corrected chi connectivity index (χ2v) is 7.37. The van der Waals surface area contributed by atoms with Gasteiger partial charge in [-0.3, -0.25) is 4.79 Å². The van der Waals surface area contributed by atoms with Crippen molar-refractivity contribution in [3.8, 4) is 0 Å². The molecule has 2 rings (SSSR count). The highest BCUT2D eigenvalue weighted by molar-refractivity contribution is 14.0. The SMILES string of the molecule is CCNC(=NCc1cccc(Cl)c1)NCc1cccc(C(=O)NCCN(C)C)c1.I. The molecule has 2 aromatic rings. The van der Waals surface area contributed by atoms with Crippen molar-refractivity contribution in [2.75, 3.05) is 33.7 Å². The highest BCUT2D eigenvalue weighted by Gasteiger charge is 2.06. The van der Waals surface area contributed by atoms with Crippen LogP contribution in [0.25, 0.3) is 0 Å². The van der Waals surface area contributed by atoms with Crippen LogP contribution in [0.4, 0.5) is 0 Å². The Kier molecular flexibility index (Phi) is 12.4. The summed E-state index contributed by atoms with van der Waals surface area (Å²) in [5, 5.41) is 10.2. The number of nitrogens with one attached hydrogen (secondary N) is 3. The lowest BCUT2D eigenvalue weighted by molar-refractivity contribution is 0.0951. The van der Waals surface area contributed by atoms with Crippen molar-refractivity contribution in [1.29, 1.82) is 0 Å². The first-order chi connectivity index (χ1) is 14.0. The summed E-state index contributed by atoms with van der Waals surface area (Å²) in [7, 11) is 3.96. The molecule has 2 aromatic carbocycles. The monoisotopic (exact) mass is 543 g/mol. The summed E-state index contributed by atoms with van der Waals surface area (Å²) in [6.07, 6.45) is 0. The molecule has 0 saturated heterocycles. The van der Waals surface area contributed by atoms with E-state index in [1.807, 2.05) is 74.4 Å². The summed E-state index contributed by atoms with van der Waals surface area (Å²) in [5.74, 6) is 0.656. The van der Waals surface area contributed by atoms with E-state index in [9.17, 15) is 4.79 Å². The Morgan fingerprint density at radius 2 is 1.77 bits per heavy atom. The number of carbonyl (C=O) groups excluding carboxylic acids is 1. The van der Waals surface area contributed by atoms with Crippen molar-refractivity contribution >= 4 is 47.4 Å². The largest absolute Gasteiger partial charge is 0.357 e. The molecule has 30 heavy (non-hydrogen) atoms. The number of carbonyl (C=O) groups is 1. The van der Waals surface area contributed by atoms with Crippen LogP contribution in [0.1, 0.15) is 28.4 Å². The number of nitrogens with zero attached hydrogens (tertiary/aromatic N) is 2. The van der Waals surface area contributed by atoms with Crippen LogP contribution >= 0.6 is 35.6 Å². The summed E-state index contributed by atoms with van der Waals surface area (Å²) in [4.78, 5) is 18.9. The molecule has 0 unspecified atom stereocenters. The lowest BCUT2D eigenvalue weighted by Gasteiger charge is -2.13. The van der Waals surface area contributed by atoms with Gasteiger partial charge < -0.3 is 20.9 Å². The van der Waals surface area contributed by atoms with Gasteiger partial charge in [0, 0.05) is 36.8 Å². The summed E-state index contributed by atoms with van der Waals surface area (Å²) in [6, 6.07) is 15.3. The molecule has 164 valence electrons. The van der Waals surface area contributed by atoms with Crippen LogP contribution in [0.2, 0.25) is 5.02 Å². The molecule has 1 amide bonds. The van der Waals surface area contributed by atoms with E-state index < -0.39 is 0 Å². The van der Waals surface area contributed by atoms with Gasteiger partial charge >= 0.3 is 0 Å². The minimum Gasteiger partial charge on any atom is -0.357 e. The quantitative estimate of drug-likeness (QED) is 0.257. The maximum Gasteiger partial charge on any atom is 0.251 e. The molecular weight excluding hydrogens is 513 g/mol. The molecule has 0 fully saturated rings. The highest BCUT2D eigenvalue weighted by atomic mass is 127. The van der Waals surface area contributed by atoms with E-state index in [4.69, 9.17) is 11.6 Å². The van der Waals surface area contributed by atoms with Crippen molar-refractivity contribution in [2.45, 2.75) is 20.0 Å². The number of rotatable bonds is 9. The summed E-state index contributed by atoms with van der Waals surface area (Å²) in [6.45, 7) is 5.31. The zero-order valence-corrected chi connectivity index (χ0v) is 20.8. The number of hydrogen-bond acceptors (Lipinski definition) is 3. The van der Waals surface area contributed by atoms with Gasteiger partial charge in [0.05, 0.1) is 6.54 Å². The fraction of sp³-hybridized carbons (Fsp3) is 0.364. The second-order valence-electron chi connectivity index (χ2n) is 6.94. The lowest BCUT2D eigenvalue weighted by Crippen LogP contribution is -2.36. The zero-order valence-electron chi connectivity index (χ0n) is 17.7. The van der Waals surface area contributed by atoms with Crippen LogP contribution in [0.3, 0.4) is 0 Å². The van der Waals surface area contributed by atoms with E-state index in [2.05, 4.69) is 20.9 Å².